The van der Waals surface area contributed by atoms with E-state index in [0.717, 1.165) is 0 Å². The average Bonchev–Trinajstić information content (AvgIpc) is 2.70. The molecule has 0 aliphatic carbocycles. The third kappa shape index (κ3) is 10.8. The Morgan fingerprint density at radius 1 is 0.514 bits per heavy atom. The van der Waals surface area contributed by atoms with E-state index < -0.39 is 64.3 Å². The smallest absolute Gasteiger partial charge is 0.317 e. The van der Waals surface area contributed by atoms with Gasteiger partial charge in [0.05, 0.1) is 51.3 Å². The van der Waals surface area contributed by atoms with Gasteiger partial charge in [-0.1, -0.05) is 0 Å². The molecule has 2 bridgehead atoms. The molecule has 4 N–H and O–H groups in total. The highest BCUT2D eigenvalue weighted by Crippen LogP contribution is 2.52. The number of nitrogens with zero attached hydrogens (tertiary/aromatic N) is 4. The zero-order valence-corrected chi connectivity index (χ0v) is 21.3. The summed E-state index contributed by atoms with van der Waals surface area (Å²) >= 11 is 0. The minimum Gasteiger partial charge on any atom is -0.480 e. The Hall–Kier alpha value is -1.82. The standard InChI is InChI=1S/C19H34N4O10P2/c24-16(25)8-20-2-3-21(9-17(26)27)13-35(33)7-1-6-34(32,12-20)14-22(10-18(28)29)4-5-23(15-35)11-19(30)31/h1-15H2,(H,24,25)(H,26,27)(H,28,29)(H,30,31). The number of carbonyl (C=O) groups is 4. The van der Waals surface area contributed by atoms with Crippen LogP contribution in [0.3, 0.4) is 0 Å². The lowest BCUT2D eigenvalue weighted by molar-refractivity contribution is -0.140. The maximum absolute atomic E-state index is 14.0. The Labute approximate surface area is 203 Å². The lowest BCUT2D eigenvalue weighted by Crippen LogP contribution is -2.44. The molecule has 2 heterocycles. The van der Waals surface area contributed by atoms with Crippen molar-refractivity contribution in [2.75, 3.05) is 89.8 Å². The highest BCUT2D eigenvalue weighted by molar-refractivity contribution is 7.64. The normalized spacial score (nSPS) is 28.7. The van der Waals surface area contributed by atoms with E-state index in [0.29, 0.717) is 0 Å². The first kappa shape index (κ1) is 29.4. The van der Waals surface area contributed by atoms with Crippen molar-refractivity contribution in [3.63, 3.8) is 0 Å². The molecule has 14 nitrogen and oxygen atoms in total. The summed E-state index contributed by atoms with van der Waals surface area (Å²) in [7, 11) is -6.39. The summed E-state index contributed by atoms with van der Waals surface area (Å²) in [6, 6.07) is 0. The largest absolute Gasteiger partial charge is 0.480 e. The average molecular weight is 540 g/mol. The van der Waals surface area contributed by atoms with Crippen LogP contribution in [0.2, 0.25) is 0 Å². The molecule has 35 heavy (non-hydrogen) atoms. The van der Waals surface area contributed by atoms with Crippen molar-refractivity contribution in [1.82, 2.24) is 19.6 Å². The summed E-state index contributed by atoms with van der Waals surface area (Å²) in [5.74, 6) is -4.58. The Morgan fingerprint density at radius 2 is 0.743 bits per heavy atom. The molecule has 2 fully saturated rings. The SMILES string of the molecule is O=C(O)CN1CCN(CC(=O)O)CP2(=O)CCCP(=O)(C1)CN(CC(=O)O)CCN(CC(=O)O)C2. The van der Waals surface area contributed by atoms with Crippen LogP contribution in [0.4, 0.5) is 0 Å². The van der Waals surface area contributed by atoms with Gasteiger partial charge in [0.25, 0.3) is 0 Å². The van der Waals surface area contributed by atoms with Crippen LogP contribution in [0.5, 0.6) is 0 Å². The van der Waals surface area contributed by atoms with Gasteiger partial charge in [-0.2, -0.15) is 0 Å². The molecule has 0 spiro atoms. The summed E-state index contributed by atoms with van der Waals surface area (Å²) < 4.78 is 28.0. The first-order valence-electron chi connectivity index (χ1n) is 11.2. The molecular weight excluding hydrogens is 506 g/mol. The first-order valence-corrected chi connectivity index (χ1v) is 15.7. The maximum Gasteiger partial charge on any atom is 0.317 e. The van der Waals surface area contributed by atoms with Crippen molar-refractivity contribution in [3.05, 3.63) is 0 Å². The van der Waals surface area contributed by atoms with Crippen molar-refractivity contribution in [2.45, 2.75) is 6.42 Å². The van der Waals surface area contributed by atoms with Gasteiger partial charge in [-0.25, -0.2) is 0 Å². The molecule has 200 valence electrons. The Balaban J connectivity index is 2.49. The minimum atomic E-state index is -3.19. The number of carboxylic acids is 4. The molecule has 2 aliphatic heterocycles. The molecule has 0 amide bonds. The third-order valence-electron chi connectivity index (χ3n) is 5.86. The topological polar surface area (TPSA) is 196 Å². The van der Waals surface area contributed by atoms with Gasteiger partial charge >= 0.3 is 23.9 Å². The van der Waals surface area contributed by atoms with Crippen LogP contribution in [-0.4, -0.2) is 154 Å². The van der Waals surface area contributed by atoms with Crippen LogP contribution >= 0.6 is 14.3 Å². The second kappa shape index (κ2) is 12.9. The van der Waals surface area contributed by atoms with E-state index in [1.54, 1.807) is 0 Å². The van der Waals surface area contributed by atoms with Crippen molar-refractivity contribution in [3.8, 4) is 0 Å². The fourth-order valence-corrected chi connectivity index (χ4v) is 11.0. The number of hydrogen-bond acceptors (Lipinski definition) is 10. The van der Waals surface area contributed by atoms with E-state index in [9.17, 15) is 48.7 Å². The van der Waals surface area contributed by atoms with E-state index in [1.165, 1.54) is 19.6 Å². The van der Waals surface area contributed by atoms with Gasteiger partial charge in [-0.05, 0) is 6.42 Å². The molecule has 0 atom stereocenters. The predicted molar refractivity (Wildman–Crippen MR) is 126 cm³/mol. The molecule has 0 unspecified atom stereocenters. The van der Waals surface area contributed by atoms with Gasteiger partial charge in [0, 0.05) is 38.5 Å². The van der Waals surface area contributed by atoms with Gasteiger partial charge in [0.2, 0.25) is 0 Å². The van der Waals surface area contributed by atoms with Gasteiger partial charge in [-0.3, -0.25) is 38.8 Å². The number of hydrogen-bond donors (Lipinski definition) is 4. The summed E-state index contributed by atoms with van der Waals surface area (Å²) in [4.78, 5) is 51.6. The van der Waals surface area contributed by atoms with Gasteiger partial charge in [0.1, 0.15) is 14.3 Å². The molecule has 2 rings (SSSR count). The molecule has 0 saturated carbocycles. The number of rotatable bonds is 8. The van der Waals surface area contributed by atoms with Crippen LogP contribution in [0.15, 0.2) is 0 Å². The predicted octanol–water partition coefficient (Wildman–Crippen LogP) is -0.494. The quantitative estimate of drug-likeness (QED) is 0.288. The molecule has 0 aromatic carbocycles. The zero-order chi connectivity index (χ0) is 26.2. The Kier molecular flexibility index (Phi) is 10.9. The van der Waals surface area contributed by atoms with Crippen LogP contribution in [0, 0.1) is 0 Å². The van der Waals surface area contributed by atoms with Crippen LogP contribution in [-0.2, 0) is 28.3 Å². The zero-order valence-electron chi connectivity index (χ0n) is 19.5. The van der Waals surface area contributed by atoms with Gasteiger partial charge < -0.3 is 29.6 Å². The second-order valence-corrected chi connectivity index (χ2v) is 15.5. The molecule has 0 radical (unpaired) electrons. The van der Waals surface area contributed by atoms with Crippen molar-refractivity contribution >= 4 is 38.2 Å². The van der Waals surface area contributed by atoms with Crippen molar-refractivity contribution in [1.29, 1.82) is 0 Å². The third-order valence-corrected chi connectivity index (χ3v) is 11.8. The number of fused-ring (bicyclic) bond motifs is 4. The van der Waals surface area contributed by atoms with Gasteiger partial charge in [0.15, 0.2) is 0 Å². The lowest BCUT2D eigenvalue weighted by atomic mass is 10.4. The summed E-state index contributed by atoms with van der Waals surface area (Å²) in [5.41, 5.74) is 0. The van der Waals surface area contributed by atoms with E-state index >= 15 is 0 Å². The Morgan fingerprint density at radius 3 is 0.943 bits per heavy atom. The molecule has 2 aliphatic rings. The van der Waals surface area contributed by atoms with E-state index in [-0.39, 0.29) is 70.1 Å². The summed E-state index contributed by atoms with van der Waals surface area (Å²) in [6.07, 6.45) is 0.109. The molecule has 16 heteroatoms. The van der Waals surface area contributed by atoms with E-state index in [4.69, 9.17) is 0 Å². The molecule has 2 saturated heterocycles. The lowest BCUT2D eigenvalue weighted by Gasteiger charge is -2.34. The maximum atomic E-state index is 14.0. The molecule has 0 aromatic rings. The fourth-order valence-electron chi connectivity index (χ4n) is 4.61. The van der Waals surface area contributed by atoms with Crippen LogP contribution in [0.25, 0.3) is 0 Å². The van der Waals surface area contributed by atoms with E-state index in [2.05, 4.69) is 0 Å². The minimum absolute atomic E-state index is 0.0708. The fraction of sp³-hybridized carbons (Fsp3) is 0.789. The highest BCUT2D eigenvalue weighted by atomic mass is 31.2. The van der Waals surface area contributed by atoms with Gasteiger partial charge in [-0.15, -0.1) is 0 Å². The van der Waals surface area contributed by atoms with Crippen molar-refractivity contribution < 1.29 is 48.7 Å². The van der Waals surface area contributed by atoms with E-state index in [1.807, 2.05) is 0 Å². The monoisotopic (exact) mass is 540 g/mol. The number of aliphatic carboxylic acids is 4. The first-order chi connectivity index (χ1) is 16.3. The molecule has 0 aromatic heterocycles. The Bertz CT molecular complexity index is 771. The van der Waals surface area contributed by atoms with Crippen LogP contribution < -0.4 is 0 Å². The van der Waals surface area contributed by atoms with Crippen molar-refractivity contribution in [2.24, 2.45) is 0 Å². The van der Waals surface area contributed by atoms with Crippen LogP contribution in [0.1, 0.15) is 6.42 Å². The molecular formula is C19H34N4O10P2. The highest BCUT2D eigenvalue weighted by Gasteiger charge is 2.36. The second-order valence-electron chi connectivity index (χ2n) is 9.27. The summed E-state index contributed by atoms with van der Waals surface area (Å²) in [6.45, 7) is -1.41. The number of carboxylic acid groups (broad SMARTS) is 4. The summed E-state index contributed by atoms with van der Waals surface area (Å²) in [5, 5.41) is 37.4.